The van der Waals surface area contributed by atoms with Gasteiger partial charge in [0.2, 0.25) is 5.60 Å². The molecule has 218 valence electrons. The molecule has 1 aliphatic rings. The van der Waals surface area contributed by atoms with Crippen molar-refractivity contribution in [1.82, 2.24) is 19.9 Å². The van der Waals surface area contributed by atoms with E-state index in [-0.39, 0.29) is 17.9 Å². The van der Waals surface area contributed by atoms with Gasteiger partial charge in [-0.2, -0.15) is 10.4 Å². The van der Waals surface area contributed by atoms with Gasteiger partial charge in [0.05, 0.1) is 5.69 Å². The second-order valence-corrected chi connectivity index (χ2v) is 11.5. The molecule has 4 N–H and O–H groups in total. The molecule has 1 saturated heterocycles. The number of nitrogens with one attached hydrogen (secondary N) is 1. The van der Waals surface area contributed by atoms with E-state index >= 15 is 0 Å². The molecule has 1 fully saturated rings. The number of rotatable bonds is 7. The highest BCUT2D eigenvalue weighted by Gasteiger charge is 2.60. The van der Waals surface area contributed by atoms with Crippen LogP contribution in [0.25, 0.3) is 5.52 Å². The topological polar surface area (TPSA) is 200 Å². The summed E-state index contributed by atoms with van der Waals surface area (Å²) in [7, 11) is 0. The standard InChI is InChI=1S/C26H36N6O8/c1-8-17(33)38-18-15(11-37-22(35)19(24(2,3)4)31-23(36)40-25(5,6)7)39-26(12-27,20(18)34)16-10-9-14-21(28)29-13-30-32(14)16/h9-10,13,15,18-20,34H,8,11H2,1-7H3,(H,31,36)(H2,28,29,30)/t15-,18-,19-,20-,26+/m1/s1. The molecular weight excluding hydrogens is 524 g/mol. The Morgan fingerprint density at radius 3 is 2.52 bits per heavy atom. The van der Waals surface area contributed by atoms with Gasteiger partial charge in [0, 0.05) is 6.42 Å². The van der Waals surface area contributed by atoms with Gasteiger partial charge in [0.25, 0.3) is 0 Å². The number of amides is 1. The summed E-state index contributed by atoms with van der Waals surface area (Å²) in [5.74, 6) is -1.35. The zero-order valence-corrected chi connectivity index (χ0v) is 23.6. The highest BCUT2D eigenvalue weighted by molar-refractivity contribution is 5.82. The van der Waals surface area contributed by atoms with E-state index in [9.17, 15) is 24.8 Å². The minimum atomic E-state index is -2.07. The molecule has 1 aliphatic heterocycles. The molecule has 2 aromatic rings. The summed E-state index contributed by atoms with van der Waals surface area (Å²) < 4.78 is 23.5. The molecule has 14 nitrogen and oxygen atoms in total. The minimum Gasteiger partial charge on any atom is -0.461 e. The molecule has 14 heteroatoms. The molecule has 3 rings (SSSR count). The van der Waals surface area contributed by atoms with Crippen molar-refractivity contribution in [3.05, 3.63) is 24.2 Å². The number of hydrogen-bond donors (Lipinski definition) is 3. The van der Waals surface area contributed by atoms with Crippen molar-refractivity contribution in [3.8, 4) is 6.07 Å². The van der Waals surface area contributed by atoms with Crippen LogP contribution < -0.4 is 11.1 Å². The monoisotopic (exact) mass is 560 g/mol. The molecule has 0 bridgehead atoms. The fraction of sp³-hybridized carbons (Fsp3) is 0.615. The van der Waals surface area contributed by atoms with E-state index in [0.717, 1.165) is 0 Å². The number of nitrogens with zero attached hydrogens (tertiary/aromatic N) is 4. The molecule has 40 heavy (non-hydrogen) atoms. The Morgan fingerprint density at radius 1 is 1.27 bits per heavy atom. The second kappa shape index (κ2) is 11.3. The van der Waals surface area contributed by atoms with Gasteiger partial charge < -0.3 is 35.1 Å². The van der Waals surface area contributed by atoms with E-state index < -0.39 is 65.6 Å². The number of aliphatic hydroxyl groups excluding tert-OH is 1. The van der Waals surface area contributed by atoms with E-state index in [1.165, 1.54) is 16.9 Å². The second-order valence-electron chi connectivity index (χ2n) is 11.5. The van der Waals surface area contributed by atoms with Gasteiger partial charge in [-0.3, -0.25) is 4.79 Å². The van der Waals surface area contributed by atoms with Crippen LogP contribution in [0.2, 0.25) is 0 Å². The fourth-order valence-corrected chi connectivity index (χ4v) is 4.21. The van der Waals surface area contributed by atoms with Gasteiger partial charge in [0.15, 0.2) is 11.9 Å². The highest BCUT2D eigenvalue weighted by atomic mass is 16.6. The van der Waals surface area contributed by atoms with Gasteiger partial charge in [-0.25, -0.2) is 19.1 Å². The van der Waals surface area contributed by atoms with Crippen LogP contribution in [-0.2, 0) is 34.1 Å². The maximum atomic E-state index is 13.2. The summed E-state index contributed by atoms with van der Waals surface area (Å²) in [5.41, 5.74) is 2.75. The third-order valence-electron chi connectivity index (χ3n) is 6.17. The molecule has 2 aromatic heterocycles. The number of aliphatic hydroxyl groups is 1. The van der Waals surface area contributed by atoms with Crippen LogP contribution in [0.5, 0.6) is 0 Å². The predicted octanol–water partition coefficient (Wildman–Crippen LogP) is 1.59. The van der Waals surface area contributed by atoms with Crippen molar-refractivity contribution in [2.24, 2.45) is 5.41 Å². The lowest BCUT2D eigenvalue weighted by atomic mass is 9.87. The van der Waals surface area contributed by atoms with E-state index in [4.69, 9.17) is 24.7 Å². The van der Waals surface area contributed by atoms with Crippen LogP contribution in [0.4, 0.5) is 10.6 Å². The van der Waals surface area contributed by atoms with Crippen LogP contribution in [0, 0.1) is 16.7 Å². The van der Waals surface area contributed by atoms with Crippen molar-refractivity contribution in [1.29, 1.82) is 5.26 Å². The van der Waals surface area contributed by atoms with Crippen molar-refractivity contribution in [3.63, 3.8) is 0 Å². The van der Waals surface area contributed by atoms with E-state index in [2.05, 4.69) is 15.4 Å². The fourth-order valence-electron chi connectivity index (χ4n) is 4.21. The number of anilines is 1. The molecular formula is C26H36N6O8. The Balaban J connectivity index is 1.90. The Bertz CT molecular complexity index is 1310. The largest absolute Gasteiger partial charge is 0.461 e. The normalized spacial score (nSPS) is 23.7. The first-order chi connectivity index (χ1) is 18.5. The smallest absolute Gasteiger partial charge is 0.408 e. The lowest BCUT2D eigenvalue weighted by Crippen LogP contribution is -2.51. The number of aromatic nitrogens is 3. The number of alkyl carbamates (subject to hydrolysis) is 1. The summed E-state index contributed by atoms with van der Waals surface area (Å²) in [5, 5.41) is 28.2. The molecule has 0 saturated carbocycles. The van der Waals surface area contributed by atoms with Gasteiger partial charge in [-0.15, -0.1) is 0 Å². The zero-order valence-electron chi connectivity index (χ0n) is 23.6. The summed E-state index contributed by atoms with van der Waals surface area (Å²) in [6, 6.07) is 3.89. The summed E-state index contributed by atoms with van der Waals surface area (Å²) >= 11 is 0. The number of nitrogen functional groups attached to an aromatic ring is 1. The van der Waals surface area contributed by atoms with Crippen LogP contribution >= 0.6 is 0 Å². The first-order valence-corrected chi connectivity index (χ1v) is 12.8. The lowest BCUT2D eigenvalue weighted by Gasteiger charge is -2.31. The number of esters is 2. The predicted molar refractivity (Wildman–Crippen MR) is 139 cm³/mol. The Labute approximate surface area is 231 Å². The van der Waals surface area contributed by atoms with E-state index in [1.807, 2.05) is 6.07 Å². The minimum absolute atomic E-state index is 0.0149. The van der Waals surface area contributed by atoms with Crippen molar-refractivity contribution >= 4 is 29.4 Å². The quantitative estimate of drug-likeness (QED) is 0.327. The number of carbonyl (C=O) groups is 3. The molecule has 3 heterocycles. The zero-order chi connectivity index (χ0) is 30.0. The van der Waals surface area contributed by atoms with Gasteiger partial charge in [0.1, 0.15) is 48.4 Å². The third-order valence-corrected chi connectivity index (χ3v) is 6.17. The number of nitrogens with two attached hydrogens (primary N) is 1. The molecule has 5 atom stereocenters. The number of nitriles is 1. The van der Waals surface area contributed by atoms with E-state index in [1.54, 1.807) is 54.5 Å². The summed E-state index contributed by atoms with van der Waals surface area (Å²) in [4.78, 5) is 41.7. The molecule has 0 radical (unpaired) electrons. The average molecular weight is 561 g/mol. The average Bonchev–Trinajstić information content (AvgIpc) is 3.40. The van der Waals surface area contributed by atoms with Crippen LogP contribution in [0.3, 0.4) is 0 Å². The van der Waals surface area contributed by atoms with Crippen LogP contribution in [0.15, 0.2) is 18.5 Å². The molecule has 0 aliphatic carbocycles. The van der Waals surface area contributed by atoms with Gasteiger partial charge in [-0.1, -0.05) is 27.7 Å². The highest BCUT2D eigenvalue weighted by Crippen LogP contribution is 2.42. The Kier molecular flexibility index (Phi) is 8.61. The number of carbonyl (C=O) groups excluding carboxylic acids is 3. The van der Waals surface area contributed by atoms with Gasteiger partial charge in [-0.05, 0) is 38.3 Å². The maximum Gasteiger partial charge on any atom is 0.408 e. The van der Waals surface area contributed by atoms with Crippen molar-refractivity contribution < 1.29 is 38.4 Å². The maximum absolute atomic E-state index is 13.2. The summed E-state index contributed by atoms with van der Waals surface area (Å²) in [6.45, 7) is 11.3. The lowest BCUT2D eigenvalue weighted by molar-refractivity contribution is -0.162. The molecule has 0 spiro atoms. The molecule has 0 unspecified atom stereocenters. The number of ether oxygens (including phenoxy) is 4. The van der Waals surface area contributed by atoms with Crippen molar-refractivity contribution in [2.75, 3.05) is 12.3 Å². The Hall–Kier alpha value is -3.96. The first kappa shape index (κ1) is 30.6. The molecule has 0 aromatic carbocycles. The Morgan fingerprint density at radius 2 is 1.95 bits per heavy atom. The third kappa shape index (κ3) is 6.26. The summed E-state index contributed by atoms with van der Waals surface area (Å²) in [6.07, 6.45) is -3.96. The molecule has 1 amide bonds. The number of hydrogen-bond acceptors (Lipinski definition) is 12. The first-order valence-electron chi connectivity index (χ1n) is 12.8. The number of fused-ring (bicyclic) bond motifs is 1. The van der Waals surface area contributed by atoms with E-state index in [0.29, 0.717) is 5.52 Å². The van der Waals surface area contributed by atoms with Crippen LogP contribution in [0.1, 0.15) is 60.6 Å². The SMILES string of the molecule is CCC(=O)O[C@H]1[C@@H](O)[C@](C#N)(c2ccc3c(N)ncnn23)O[C@@H]1COC(=O)[C@@H](NC(=O)OC(C)(C)C)C(C)(C)C. The van der Waals surface area contributed by atoms with Crippen molar-refractivity contribution in [2.45, 2.75) is 90.4 Å². The van der Waals surface area contributed by atoms with Crippen LogP contribution in [-0.4, -0.2) is 74.3 Å². The van der Waals surface area contributed by atoms with Gasteiger partial charge >= 0.3 is 18.0 Å².